The first-order valence-electron chi connectivity index (χ1n) is 8.37. The molecule has 1 unspecified atom stereocenters. The van der Waals surface area contributed by atoms with Gasteiger partial charge in [0.15, 0.2) is 0 Å². The van der Waals surface area contributed by atoms with Gasteiger partial charge in [0, 0.05) is 24.3 Å². The van der Waals surface area contributed by atoms with Gasteiger partial charge in [-0.3, -0.25) is 4.79 Å². The van der Waals surface area contributed by atoms with Crippen molar-refractivity contribution in [1.29, 1.82) is 0 Å². The van der Waals surface area contributed by atoms with Crippen molar-refractivity contribution in [2.45, 2.75) is 58.5 Å². The van der Waals surface area contributed by atoms with Crippen LogP contribution < -0.4 is 10.1 Å². The average Bonchev–Trinajstić information content (AvgIpc) is 2.97. The van der Waals surface area contributed by atoms with Crippen LogP contribution in [-0.4, -0.2) is 32.3 Å². The van der Waals surface area contributed by atoms with Gasteiger partial charge < -0.3 is 14.8 Å². The molecule has 0 saturated carbocycles. The highest BCUT2D eigenvalue weighted by Gasteiger charge is 2.23. The van der Waals surface area contributed by atoms with E-state index in [-0.39, 0.29) is 17.4 Å². The Kier molecular flexibility index (Phi) is 5.69. The maximum Gasteiger partial charge on any atom is 0.224 e. The summed E-state index contributed by atoms with van der Waals surface area (Å²) >= 11 is 0. The van der Waals surface area contributed by atoms with Crippen molar-refractivity contribution in [3.63, 3.8) is 0 Å². The highest BCUT2D eigenvalue weighted by molar-refractivity contribution is 5.79. The lowest BCUT2D eigenvalue weighted by atomic mass is 9.83. The number of hydrogen-bond acceptors (Lipinski definition) is 3. The van der Waals surface area contributed by atoms with Gasteiger partial charge in [0.2, 0.25) is 5.91 Å². The van der Waals surface area contributed by atoms with E-state index in [1.54, 1.807) is 7.11 Å². The van der Waals surface area contributed by atoms with E-state index in [4.69, 9.17) is 9.47 Å². The number of benzene rings is 1. The van der Waals surface area contributed by atoms with Crippen molar-refractivity contribution >= 4 is 5.91 Å². The number of carbonyl (C=O) groups is 1. The smallest absolute Gasteiger partial charge is 0.224 e. The van der Waals surface area contributed by atoms with Gasteiger partial charge in [-0.2, -0.15) is 0 Å². The quantitative estimate of drug-likeness (QED) is 0.907. The molecule has 2 rings (SSSR count). The van der Waals surface area contributed by atoms with Crippen molar-refractivity contribution in [2.24, 2.45) is 0 Å². The Labute approximate surface area is 139 Å². The Morgan fingerprint density at radius 3 is 2.70 bits per heavy atom. The topological polar surface area (TPSA) is 47.6 Å². The molecule has 1 fully saturated rings. The third-order valence-electron chi connectivity index (χ3n) is 4.22. The summed E-state index contributed by atoms with van der Waals surface area (Å²) in [6.07, 6.45) is 2.62. The molecule has 1 aromatic carbocycles. The van der Waals surface area contributed by atoms with Gasteiger partial charge in [0.05, 0.1) is 19.6 Å². The van der Waals surface area contributed by atoms with Gasteiger partial charge in [-0.1, -0.05) is 38.5 Å². The fraction of sp³-hybridized carbons (Fsp3) is 0.632. The van der Waals surface area contributed by atoms with Gasteiger partial charge >= 0.3 is 0 Å². The number of nitrogens with one attached hydrogen (secondary N) is 1. The normalized spacial score (nSPS) is 18.0. The number of aryl methyl sites for hydroxylation is 1. The lowest BCUT2D eigenvalue weighted by Crippen LogP contribution is -2.33. The van der Waals surface area contributed by atoms with E-state index in [0.717, 1.165) is 41.9 Å². The maximum atomic E-state index is 12.3. The van der Waals surface area contributed by atoms with Crippen LogP contribution >= 0.6 is 0 Å². The van der Waals surface area contributed by atoms with Crippen LogP contribution in [0.4, 0.5) is 0 Å². The van der Waals surface area contributed by atoms with Crippen LogP contribution in [0.1, 0.15) is 50.3 Å². The summed E-state index contributed by atoms with van der Waals surface area (Å²) in [5.41, 5.74) is 3.21. The zero-order chi connectivity index (χ0) is 17.0. The number of methoxy groups -OCH3 is 1. The van der Waals surface area contributed by atoms with E-state index in [1.807, 2.05) is 6.07 Å². The van der Waals surface area contributed by atoms with Gasteiger partial charge in [-0.25, -0.2) is 0 Å². The van der Waals surface area contributed by atoms with Crippen LogP contribution in [0.2, 0.25) is 0 Å². The monoisotopic (exact) mass is 319 g/mol. The van der Waals surface area contributed by atoms with E-state index in [1.165, 1.54) is 0 Å². The predicted molar refractivity (Wildman–Crippen MR) is 92.1 cm³/mol. The second-order valence-corrected chi connectivity index (χ2v) is 7.37. The van der Waals surface area contributed by atoms with Crippen molar-refractivity contribution in [1.82, 2.24) is 5.32 Å². The molecule has 1 aliphatic rings. The molecule has 1 saturated heterocycles. The molecule has 1 N–H and O–H groups in total. The van der Waals surface area contributed by atoms with E-state index >= 15 is 0 Å². The minimum Gasteiger partial charge on any atom is -0.496 e. The van der Waals surface area contributed by atoms with Gasteiger partial charge in [-0.15, -0.1) is 0 Å². The summed E-state index contributed by atoms with van der Waals surface area (Å²) in [4.78, 5) is 12.3. The van der Waals surface area contributed by atoms with E-state index < -0.39 is 0 Å². The number of hydrogen-bond donors (Lipinski definition) is 1. The largest absolute Gasteiger partial charge is 0.496 e. The summed E-state index contributed by atoms with van der Waals surface area (Å²) in [7, 11) is 1.67. The van der Waals surface area contributed by atoms with Crippen LogP contribution in [0.5, 0.6) is 5.75 Å². The fourth-order valence-electron chi connectivity index (χ4n) is 3.05. The highest BCUT2D eigenvalue weighted by Crippen LogP contribution is 2.35. The predicted octanol–water partition coefficient (Wildman–Crippen LogP) is 3.14. The van der Waals surface area contributed by atoms with Crippen molar-refractivity contribution in [2.75, 3.05) is 20.3 Å². The van der Waals surface area contributed by atoms with E-state index in [9.17, 15) is 4.79 Å². The van der Waals surface area contributed by atoms with Gasteiger partial charge in [-0.05, 0) is 25.2 Å². The van der Waals surface area contributed by atoms with Crippen LogP contribution in [0.15, 0.2) is 12.1 Å². The third-order valence-corrected chi connectivity index (χ3v) is 4.22. The van der Waals surface area contributed by atoms with Crippen LogP contribution in [-0.2, 0) is 21.4 Å². The first-order valence-corrected chi connectivity index (χ1v) is 8.37. The highest BCUT2D eigenvalue weighted by atomic mass is 16.5. The molecule has 1 atom stereocenters. The number of ether oxygens (including phenoxy) is 2. The molecule has 1 aromatic rings. The van der Waals surface area contributed by atoms with E-state index in [2.05, 4.69) is 39.1 Å². The molecular weight excluding hydrogens is 290 g/mol. The first kappa shape index (κ1) is 17.8. The lowest BCUT2D eigenvalue weighted by Gasteiger charge is -2.25. The SMILES string of the molecule is COc1c(CC(=O)NCC2CCCO2)cc(C)cc1C(C)(C)C. The molecule has 0 radical (unpaired) electrons. The summed E-state index contributed by atoms with van der Waals surface area (Å²) in [5.74, 6) is 0.847. The molecule has 23 heavy (non-hydrogen) atoms. The van der Waals surface area contributed by atoms with Crippen molar-refractivity contribution in [3.05, 3.63) is 28.8 Å². The summed E-state index contributed by atoms with van der Waals surface area (Å²) in [6, 6.07) is 4.19. The number of amides is 1. The third kappa shape index (κ3) is 4.71. The molecular formula is C19H29NO3. The van der Waals surface area contributed by atoms with Crippen LogP contribution in [0, 0.1) is 6.92 Å². The summed E-state index contributed by atoms with van der Waals surface area (Å²) < 4.78 is 11.2. The molecule has 0 spiro atoms. The zero-order valence-corrected chi connectivity index (χ0v) is 15.0. The van der Waals surface area contributed by atoms with E-state index in [0.29, 0.717) is 13.0 Å². The molecule has 0 bridgehead atoms. The van der Waals surface area contributed by atoms with Crippen LogP contribution in [0.3, 0.4) is 0 Å². The molecule has 1 aliphatic heterocycles. The molecule has 4 nitrogen and oxygen atoms in total. The van der Waals surface area contributed by atoms with Crippen molar-refractivity contribution < 1.29 is 14.3 Å². The van der Waals surface area contributed by atoms with Gasteiger partial charge in [0.1, 0.15) is 5.75 Å². The standard InChI is InChI=1S/C19H29NO3/c1-13-9-14(18(22-5)16(10-13)19(2,3)4)11-17(21)20-12-15-7-6-8-23-15/h9-10,15H,6-8,11-12H2,1-5H3,(H,20,21). The minimum atomic E-state index is -0.0275. The number of rotatable bonds is 5. The Hall–Kier alpha value is -1.55. The Balaban J connectivity index is 2.11. The molecule has 1 amide bonds. The zero-order valence-electron chi connectivity index (χ0n) is 15.0. The Morgan fingerprint density at radius 2 is 2.13 bits per heavy atom. The summed E-state index contributed by atoms with van der Waals surface area (Å²) in [6.45, 7) is 9.94. The summed E-state index contributed by atoms with van der Waals surface area (Å²) in [5, 5.41) is 2.98. The second-order valence-electron chi connectivity index (χ2n) is 7.37. The van der Waals surface area contributed by atoms with Gasteiger partial charge in [0.25, 0.3) is 0 Å². The molecule has 128 valence electrons. The Bertz CT molecular complexity index is 554. The molecule has 1 heterocycles. The average molecular weight is 319 g/mol. The Morgan fingerprint density at radius 1 is 1.39 bits per heavy atom. The maximum absolute atomic E-state index is 12.3. The molecule has 0 aromatic heterocycles. The van der Waals surface area contributed by atoms with Crippen LogP contribution in [0.25, 0.3) is 0 Å². The minimum absolute atomic E-state index is 0.0178. The lowest BCUT2D eigenvalue weighted by molar-refractivity contribution is -0.120. The molecule has 0 aliphatic carbocycles. The first-order chi connectivity index (χ1) is 10.8. The van der Waals surface area contributed by atoms with Crippen molar-refractivity contribution in [3.8, 4) is 5.75 Å². The number of carbonyl (C=O) groups excluding carboxylic acids is 1. The molecule has 4 heteroatoms. The second kappa shape index (κ2) is 7.35. The fourth-order valence-corrected chi connectivity index (χ4v) is 3.05.